The van der Waals surface area contributed by atoms with Gasteiger partial charge in [-0.3, -0.25) is 9.59 Å². The highest BCUT2D eigenvalue weighted by molar-refractivity contribution is 9.09. The van der Waals surface area contributed by atoms with Gasteiger partial charge < -0.3 is 14.2 Å². The summed E-state index contributed by atoms with van der Waals surface area (Å²) in [6, 6.07) is 3.26. The third-order valence-corrected chi connectivity index (χ3v) is 6.94. The van der Waals surface area contributed by atoms with Gasteiger partial charge in [0.05, 0.1) is 31.6 Å². The van der Waals surface area contributed by atoms with Crippen LogP contribution in [0.5, 0.6) is 11.5 Å². The van der Waals surface area contributed by atoms with Crippen LogP contribution in [0.1, 0.15) is 41.8 Å². The fourth-order valence-electron chi connectivity index (χ4n) is 3.48. The van der Waals surface area contributed by atoms with Crippen molar-refractivity contribution in [2.24, 2.45) is 11.8 Å². The number of halogens is 2. The number of hydrogen-bond donors (Lipinski definition) is 0. The molecule has 1 aliphatic carbocycles. The molecular formula is C21H24BrFO5S. The van der Waals surface area contributed by atoms with Crippen LogP contribution < -0.4 is 9.47 Å². The Bertz CT molecular complexity index is 897. The molecule has 2 unspecified atom stereocenters. The normalized spacial score (nSPS) is 18.3. The fourth-order valence-corrected chi connectivity index (χ4v) is 4.97. The van der Waals surface area contributed by atoms with Gasteiger partial charge in [-0.1, -0.05) is 15.9 Å². The highest BCUT2D eigenvalue weighted by Gasteiger charge is 2.42. The van der Waals surface area contributed by atoms with E-state index in [9.17, 15) is 9.59 Å². The van der Waals surface area contributed by atoms with Gasteiger partial charge in [0.25, 0.3) is 0 Å². The Morgan fingerprint density at radius 1 is 1.17 bits per heavy atom. The van der Waals surface area contributed by atoms with Crippen LogP contribution in [0, 0.1) is 17.7 Å². The predicted molar refractivity (Wildman–Crippen MR) is 114 cm³/mol. The molecule has 29 heavy (non-hydrogen) atoms. The van der Waals surface area contributed by atoms with Crippen LogP contribution in [-0.4, -0.2) is 37.9 Å². The van der Waals surface area contributed by atoms with E-state index < -0.39 is 17.7 Å². The molecule has 0 spiro atoms. The number of esters is 1. The predicted octanol–water partition coefficient (Wildman–Crippen LogP) is 5.37. The first-order chi connectivity index (χ1) is 14.0. The molecule has 2 aromatic rings. The number of thiophene rings is 1. The molecule has 1 aliphatic rings. The zero-order chi connectivity index (χ0) is 21.0. The Morgan fingerprint density at radius 3 is 2.55 bits per heavy atom. The summed E-state index contributed by atoms with van der Waals surface area (Å²) in [6.07, 6.45) is 4.11. The number of hydrogen-bond acceptors (Lipinski definition) is 6. The molecule has 1 fully saturated rings. The van der Waals surface area contributed by atoms with E-state index in [2.05, 4.69) is 15.9 Å². The number of carbonyl (C=O) groups is 2. The number of methoxy groups -OCH3 is 2. The molecule has 0 aliphatic heterocycles. The first-order valence-electron chi connectivity index (χ1n) is 9.62. The maximum atomic E-state index is 15.1. The highest BCUT2D eigenvalue weighted by Crippen LogP contribution is 2.43. The molecule has 5 nitrogen and oxygen atoms in total. The van der Waals surface area contributed by atoms with Crippen molar-refractivity contribution < 1.29 is 28.2 Å². The molecule has 0 N–H and O–H groups in total. The molecule has 2 atom stereocenters. The summed E-state index contributed by atoms with van der Waals surface area (Å²) in [7, 11) is 2.79. The van der Waals surface area contributed by atoms with E-state index in [4.69, 9.17) is 14.2 Å². The van der Waals surface area contributed by atoms with Gasteiger partial charge in [0.1, 0.15) is 0 Å². The van der Waals surface area contributed by atoms with Gasteiger partial charge in [-0.15, -0.1) is 11.3 Å². The fraction of sp³-hybridized carbons (Fsp3) is 0.524. The smallest absolute Gasteiger partial charge is 0.309 e. The number of carbonyl (C=O) groups excluding carboxylic acids is 2. The minimum absolute atomic E-state index is 0.0757. The highest BCUT2D eigenvalue weighted by atomic mass is 79.9. The topological polar surface area (TPSA) is 61.8 Å². The van der Waals surface area contributed by atoms with Crippen molar-refractivity contribution >= 4 is 49.1 Å². The number of alkyl halides is 1. The van der Waals surface area contributed by atoms with Gasteiger partial charge in [-0.05, 0) is 38.2 Å². The zero-order valence-electron chi connectivity index (χ0n) is 16.5. The van der Waals surface area contributed by atoms with E-state index in [0.29, 0.717) is 40.2 Å². The van der Waals surface area contributed by atoms with Crippen LogP contribution in [0.2, 0.25) is 0 Å². The largest absolute Gasteiger partial charge is 0.493 e. The molecule has 0 bridgehead atoms. The number of ketones is 1. The van der Waals surface area contributed by atoms with Crippen molar-refractivity contribution in [2.75, 3.05) is 26.2 Å². The van der Waals surface area contributed by atoms with Crippen LogP contribution in [0.15, 0.2) is 12.1 Å². The van der Waals surface area contributed by atoms with Gasteiger partial charge in [0, 0.05) is 27.4 Å². The van der Waals surface area contributed by atoms with Crippen molar-refractivity contribution in [3.63, 3.8) is 0 Å². The van der Waals surface area contributed by atoms with E-state index in [1.54, 1.807) is 12.1 Å². The van der Waals surface area contributed by atoms with Crippen LogP contribution >= 0.6 is 27.3 Å². The lowest BCUT2D eigenvalue weighted by atomic mass is 9.71. The molecule has 0 saturated heterocycles. The molecule has 0 radical (unpaired) electrons. The van der Waals surface area contributed by atoms with Gasteiger partial charge in [-0.25, -0.2) is 4.39 Å². The van der Waals surface area contributed by atoms with Crippen LogP contribution in [-0.2, 0) is 9.53 Å². The number of benzene rings is 1. The number of rotatable bonds is 10. The van der Waals surface area contributed by atoms with Crippen molar-refractivity contribution in [3.05, 3.63) is 22.8 Å². The maximum absolute atomic E-state index is 15.1. The van der Waals surface area contributed by atoms with Crippen LogP contribution in [0.3, 0.4) is 0 Å². The van der Waals surface area contributed by atoms with Crippen molar-refractivity contribution in [3.8, 4) is 11.5 Å². The second kappa shape index (κ2) is 9.89. The summed E-state index contributed by atoms with van der Waals surface area (Å²) in [5, 5.41) is 1.27. The Hall–Kier alpha value is -1.67. The number of fused-ring (bicyclic) bond motifs is 1. The Balaban J connectivity index is 1.83. The summed E-state index contributed by atoms with van der Waals surface area (Å²) < 4.78 is 31.5. The van der Waals surface area contributed by atoms with E-state index in [1.165, 1.54) is 25.6 Å². The average Bonchev–Trinajstić information content (AvgIpc) is 3.12. The number of ether oxygens (including phenoxy) is 3. The molecule has 1 heterocycles. The third kappa shape index (κ3) is 4.58. The molecule has 1 saturated carbocycles. The lowest BCUT2D eigenvalue weighted by Crippen LogP contribution is -2.38. The second-order valence-corrected chi connectivity index (χ2v) is 8.90. The van der Waals surface area contributed by atoms with Gasteiger partial charge >= 0.3 is 5.97 Å². The molecule has 3 rings (SSSR count). The Morgan fingerprint density at radius 2 is 1.93 bits per heavy atom. The molecular weight excluding hydrogens is 463 g/mol. The molecule has 8 heteroatoms. The second-order valence-electron chi connectivity index (χ2n) is 7.02. The molecule has 1 aromatic carbocycles. The average molecular weight is 487 g/mol. The van der Waals surface area contributed by atoms with Crippen molar-refractivity contribution in [2.45, 2.75) is 32.1 Å². The number of unbranched alkanes of at least 4 members (excludes halogenated alkanes) is 2. The quantitative estimate of drug-likeness (QED) is 0.195. The Labute approximate surface area is 181 Å². The summed E-state index contributed by atoms with van der Waals surface area (Å²) in [6.45, 7) is 0.393. The third-order valence-electron chi connectivity index (χ3n) is 5.28. The maximum Gasteiger partial charge on any atom is 0.309 e. The van der Waals surface area contributed by atoms with Crippen molar-refractivity contribution in [1.29, 1.82) is 0 Å². The number of Topliss-reactive ketones (excluding diaryl/α,β-unsaturated/α-hetero) is 1. The van der Waals surface area contributed by atoms with E-state index >= 15 is 4.39 Å². The first-order valence-corrected chi connectivity index (χ1v) is 11.6. The van der Waals surface area contributed by atoms with E-state index in [0.717, 1.165) is 24.6 Å². The minimum Gasteiger partial charge on any atom is -0.493 e. The minimum atomic E-state index is -0.520. The van der Waals surface area contributed by atoms with Crippen LogP contribution in [0.25, 0.3) is 10.1 Å². The van der Waals surface area contributed by atoms with E-state index in [-0.39, 0.29) is 17.5 Å². The van der Waals surface area contributed by atoms with Crippen molar-refractivity contribution in [1.82, 2.24) is 0 Å². The summed E-state index contributed by atoms with van der Waals surface area (Å²) >= 11 is 4.59. The molecule has 158 valence electrons. The van der Waals surface area contributed by atoms with Gasteiger partial charge in [0.15, 0.2) is 23.1 Å². The monoisotopic (exact) mass is 486 g/mol. The standard InChI is InChI=1S/C21H24BrFO5S/c1-26-15-11-16-14(18(23)20(15)28-9-5-3-4-8-22)10-17(29-16)19(24)12-6-7-13(12)21(25)27-2/h10-13H,3-9H2,1-2H3. The summed E-state index contributed by atoms with van der Waals surface area (Å²) in [4.78, 5) is 25.1. The molecule has 1 aromatic heterocycles. The lowest BCUT2D eigenvalue weighted by molar-refractivity contribution is -0.150. The van der Waals surface area contributed by atoms with E-state index in [1.807, 2.05) is 0 Å². The first kappa shape index (κ1) is 22.0. The SMILES string of the molecule is COC(=O)C1CCC1C(=O)c1cc2c(F)c(OCCCCCBr)c(OC)cc2s1. The van der Waals surface area contributed by atoms with Gasteiger partial charge in [-0.2, -0.15) is 0 Å². The van der Waals surface area contributed by atoms with Gasteiger partial charge in [0.2, 0.25) is 0 Å². The molecule has 0 amide bonds. The lowest BCUT2D eigenvalue weighted by Gasteiger charge is -2.32. The Kier molecular flexibility index (Phi) is 7.51. The summed E-state index contributed by atoms with van der Waals surface area (Å²) in [5.74, 6) is -1.43. The zero-order valence-corrected chi connectivity index (χ0v) is 18.9. The van der Waals surface area contributed by atoms with Crippen LogP contribution in [0.4, 0.5) is 4.39 Å². The summed E-state index contributed by atoms with van der Waals surface area (Å²) in [5.41, 5.74) is 0.